The summed E-state index contributed by atoms with van der Waals surface area (Å²) in [6.45, 7) is 2.08. The molecule has 8 heteroatoms. The van der Waals surface area contributed by atoms with Crippen molar-refractivity contribution in [1.82, 2.24) is 5.32 Å². The second kappa shape index (κ2) is 7.59. The number of halogens is 1. The number of esters is 1. The molecule has 0 aromatic heterocycles. The third-order valence-electron chi connectivity index (χ3n) is 2.28. The van der Waals surface area contributed by atoms with Gasteiger partial charge in [0.05, 0.1) is 18.0 Å². The maximum Gasteiger partial charge on any atom is 0.307 e. The van der Waals surface area contributed by atoms with Crippen LogP contribution in [-0.2, 0) is 9.53 Å². The molecule has 0 aliphatic heterocycles. The van der Waals surface area contributed by atoms with Crippen molar-refractivity contribution in [3.05, 3.63) is 38.3 Å². The van der Waals surface area contributed by atoms with Gasteiger partial charge in [0.25, 0.3) is 11.6 Å². The SMILES string of the molecule is CCOC(=O)CCNC(=O)c1cc(Br)cc([N+](=O)[O-])c1. The van der Waals surface area contributed by atoms with E-state index >= 15 is 0 Å². The zero-order valence-corrected chi connectivity index (χ0v) is 12.3. The van der Waals surface area contributed by atoms with Gasteiger partial charge in [0.1, 0.15) is 0 Å². The monoisotopic (exact) mass is 344 g/mol. The molecule has 0 fully saturated rings. The van der Waals surface area contributed by atoms with Crippen LogP contribution in [0, 0.1) is 10.1 Å². The molecule has 0 aliphatic carbocycles. The summed E-state index contributed by atoms with van der Waals surface area (Å²) in [6, 6.07) is 3.94. The molecule has 0 aliphatic rings. The first-order valence-electron chi connectivity index (χ1n) is 5.83. The summed E-state index contributed by atoms with van der Waals surface area (Å²) < 4.78 is 5.14. The zero-order chi connectivity index (χ0) is 15.1. The van der Waals surface area contributed by atoms with Crippen LogP contribution >= 0.6 is 15.9 Å². The van der Waals surface area contributed by atoms with Crippen LogP contribution in [0.2, 0.25) is 0 Å². The lowest BCUT2D eigenvalue weighted by Gasteiger charge is -2.05. The molecule has 0 radical (unpaired) electrons. The molecule has 0 spiro atoms. The van der Waals surface area contributed by atoms with Crippen LogP contribution in [0.3, 0.4) is 0 Å². The van der Waals surface area contributed by atoms with Gasteiger partial charge in [-0.3, -0.25) is 19.7 Å². The first-order chi connectivity index (χ1) is 9.43. The number of nitrogens with zero attached hydrogens (tertiary/aromatic N) is 1. The standard InChI is InChI=1S/C12H13BrN2O5/c1-2-20-11(16)3-4-14-12(17)8-5-9(13)7-10(6-8)15(18)19/h5-7H,2-4H2,1H3,(H,14,17). The average Bonchev–Trinajstić information content (AvgIpc) is 2.38. The average molecular weight is 345 g/mol. The number of benzene rings is 1. The Morgan fingerprint density at radius 2 is 2.10 bits per heavy atom. The van der Waals surface area contributed by atoms with Gasteiger partial charge in [-0.15, -0.1) is 0 Å². The molecule has 0 atom stereocenters. The van der Waals surface area contributed by atoms with E-state index in [1.807, 2.05) is 0 Å². The third-order valence-corrected chi connectivity index (χ3v) is 2.73. The van der Waals surface area contributed by atoms with Gasteiger partial charge in [-0.2, -0.15) is 0 Å². The number of nitro benzene ring substituents is 1. The van der Waals surface area contributed by atoms with E-state index in [9.17, 15) is 19.7 Å². The van der Waals surface area contributed by atoms with E-state index in [0.717, 1.165) is 0 Å². The number of rotatable bonds is 6. The normalized spacial score (nSPS) is 9.90. The van der Waals surface area contributed by atoms with Crippen molar-refractivity contribution in [1.29, 1.82) is 0 Å². The molecule has 20 heavy (non-hydrogen) atoms. The van der Waals surface area contributed by atoms with Gasteiger partial charge >= 0.3 is 5.97 Å². The van der Waals surface area contributed by atoms with Crippen molar-refractivity contribution in [3.8, 4) is 0 Å². The van der Waals surface area contributed by atoms with E-state index in [4.69, 9.17) is 4.74 Å². The van der Waals surface area contributed by atoms with E-state index in [-0.39, 0.29) is 30.8 Å². The Hall–Kier alpha value is -1.96. The summed E-state index contributed by atoms with van der Waals surface area (Å²) in [5, 5.41) is 13.2. The van der Waals surface area contributed by atoms with Gasteiger partial charge in [-0.25, -0.2) is 0 Å². The maximum atomic E-state index is 11.8. The first-order valence-corrected chi connectivity index (χ1v) is 6.62. The Kier molecular flexibility index (Phi) is 6.10. The third kappa shape index (κ3) is 4.96. The summed E-state index contributed by atoms with van der Waals surface area (Å²) in [6.07, 6.45) is 0.0513. The second-order valence-corrected chi connectivity index (χ2v) is 4.68. The highest BCUT2D eigenvalue weighted by Crippen LogP contribution is 2.21. The van der Waals surface area contributed by atoms with Crippen LogP contribution < -0.4 is 5.32 Å². The number of carbonyl (C=O) groups is 2. The summed E-state index contributed by atoms with van der Waals surface area (Å²) in [7, 11) is 0. The van der Waals surface area contributed by atoms with Crippen LogP contribution in [-0.4, -0.2) is 30.0 Å². The fourth-order valence-electron chi connectivity index (χ4n) is 1.42. The molecule has 1 aromatic carbocycles. The molecular weight excluding hydrogens is 332 g/mol. The molecule has 0 saturated carbocycles. The summed E-state index contributed by atoms with van der Waals surface area (Å²) in [4.78, 5) is 33.0. The van der Waals surface area contributed by atoms with E-state index in [0.29, 0.717) is 4.47 Å². The van der Waals surface area contributed by atoms with Gasteiger partial charge in [-0.05, 0) is 13.0 Å². The van der Waals surface area contributed by atoms with Gasteiger partial charge in [-0.1, -0.05) is 15.9 Å². The summed E-state index contributed by atoms with van der Waals surface area (Å²) in [5.74, 6) is -0.897. The van der Waals surface area contributed by atoms with Gasteiger partial charge < -0.3 is 10.1 Å². The van der Waals surface area contributed by atoms with Crippen molar-refractivity contribution < 1.29 is 19.2 Å². The predicted octanol–water partition coefficient (Wildman–Crippen LogP) is 2.04. The van der Waals surface area contributed by atoms with Gasteiger partial charge in [0.15, 0.2) is 0 Å². The molecule has 1 N–H and O–H groups in total. The van der Waals surface area contributed by atoms with Crippen molar-refractivity contribution in [2.45, 2.75) is 13.3 Å². The smallest absolute Gasteiger partial charge is 0.307 e. The van der Waals surface area contributed by atoms with Crippen molar-refractivity contribution in [2.75, 3.05) is 13.2 Å². The number of ether oxygens (including phenoxy) is 1. The lowest BCUT2D eigenvalue weighted by molar-refractivity contribution is -0.385. The second-order valence-electron chi connectivity index (χ2n) is 3.77. The molecular formula is C12H13BrN2O5. The molecule has 1 rings (SSSR count). The Labute approximate surface area is 123 Å². The molecule has 1 amide bonds. The summed E-state index contributed by atoms with van der Waals surface area (Å²) >= 11 is 3.10. The van der Waals surface area contributed by atoms with Crippen LogP contribution in [0.5, 0.6) is 0 Å². The van der Waals surface area contributed by atoms with E-state index in [1.165, 1.54) is 18.2 Å². The number of hydrogen-bond donors (Lipinski definition) is 1. The van der Waals surface area contributed by atoms with Gasteiger partial charge in [0, 0.05) is 28.7 Å². The molecule has 1 aromatic rings. The lowest BCUT2D eigenvalue weighted by Crippen LogP contribution is -2.26. The summed E-state index contributed by atoms with van der Waals surface area (Å²) in [5.41, 5.74) is -0.0372. The number of nitrogens with one attached hydrogen (secondary N) is 1. The van der Waals surface area contributed by atoms with E-state index < -0.39 is 16.8 Å². The van der Waals surface area contributed by atoms with Crippen LogP contribution in [0.1, 0.15) is 23.7 Å². The molecule has 0 bridgehead atoms. The number of non-ortho nitro benzene ring substituents is 1. The molecule has 0 heterocycles. The quantitative estimate of drug-likeness (QED) is 0.483. The van der Waals surface area contributed by atoms with Crippen LogP contribution in [0.15, 0.2) is 22.7 Å². The molecule has 108 valence electrons. The largest absolute Gasteiger partial charge is 0.466 e. The molecule has 7 nitrogen and oxygen atoms in total. The highest BCUT2D eigenvalue weighted by Gasteiger charge is 2.14. The highest BCUT2D eigenvalue weighted by atomic mass is 79.9. The minimum absolute atomic E-state index is 0.0513. The maximum absolute atomic E-state index is 11.8. The number of nitro groups is 1. The van der Waals surface area contributed by atoms with E-state index in [1.54, 1.807) is 6.92 Å². The van der Waals surface area contributed by atoms with Crippen LogP contribution in [0.25, 0.3) is 0 Å². The van der Waals surface area contributed by atoms with Crippen molar-refractivity contribution >= 4 is 33.5 Å². The first kappa shape index (κ1) is 16.1. The van der Waals surface area contributed by atoms with Crippen LogP contribution in [0.4, 0.5) is 5.69 Å². The zero-order valence-electron chi connectivity index (χ0n) is 10.7. The number of hydrogen-bond acceptors (Lipinski definition) is 5. The fraction of sp³-hybridized carbons (Fsp3) is 0.333. The Bertz CT molecular complexity index is 533. The number of amides is 1. The fourth-order valence-corrected chi connectivity index (χ4v) is 1.91. The van der Waals surface area contributed by atoms with Crippen molar-refractivity contribution in [2.24, 2.45) is 0 Å². The highest BCUT2D eigenvalue weighted by molar-refractivity contribution is 9.10. The number of carbonyl (C=O) groups excluding carboxylic acids is 2. The van der Waals surface area contributed by atoms with Crippen molar-refractivity contribution in [3.63, 3.8) is 0 Å². The Balaban J connectivity index is 2.64. The predicted molar refractivity (Wildman–Crippen MR) is 74.4 cm³/mol. The Morgan fingerprint density at radius 3 is 2.70 bits per heavy atom. The minimum Gasteiger partial charge on any atom is -0.466 e. The molecule has 0 unspecified atom stereocenters. The topological polar surface area (TPSA) is 98.5 Å². The van der Waals surface area contributed by atoms with Gasteiger partial charge in [0.2, 0.25) is 0 Å². The Morgan fingerprint density at radius 1 is 1.40 bits per heavy atom. The minimum atomic E-state index is -0.583. The molecule has 0 saturated heterocycles. The lowest BCUT2D eigenvalue weighted by atomic mass is 10.2. The van der Waals surface area contributed by atoms with E-state index in [2.05, 4.69) is 21.2 Å².